The van der Waals surface area contributed by atoms with E-state index in [1.807, 2.05) is 30.5 Å². The maximum Gasteiger partial charge on any atom is 0.123 e. The predicted molar refractivity (Wildman–Crippen MR) is 71.9 cm³/mol. The highest BCUT2D eigenvalue weighted by Gasteiger charge is 2.00. The van der Waals surface area contributed by atoms with Crippen molar-refractivity contribution in [3.05, 3.63) is 59.9 Å². The molecule has 0 amide bonds. The van der Waals surface area contributed by atoms with E-state index in [1.54, 1.807) is 23.9 Å². The standard InChI is InChI=1S/C14H14FNS/c1-17-14-8-3-2-7-13(14)16-10-11-5-4-6-12(15)9-11/h2-9,16H,10H2,1H3. The Morgan fingerprint density at radius 3 is 2.71 bits per heavy atom. The van der Waals surface area contributed by atoms with Crippen molar-refractivity contribution in [1.29, 1.82) is 0 Å². The van der Waals surface area contributed by atoms with Crippen LogP contribution in [-0.4, -0.2) is 6.26 Å². The predicted octanol–water partition coefficient (Wildman–Crippen LogP) is 4.16. The highest BCUT2D eigenvalue weighted by molar-refractivity contribution is 7.98. The molecule has 0 saturated carbocycles. The van der Waals surface area contributed by atoms with Gasteiger partial charge in [0.05, 0.1) is 0 Å². The fourth-order valence-electron chi connectivity index (χ4n) is 1.63. The summed E-state index contributed by atoms with van der Waals surface area (Å²) in [6, 6.07) is 14.8. The third-order valence-electron chi connectivity index (χ3n) is 2.48. The van der Waals surface area contributed by atoms with E-state index in [0.717, 1.165) is 11.3 Å². The lowest BCUT2D eigenvalue weighted by Gasteiger charge is -2.10. The zero-order valence-electron chi connectivity index (χ0n) is 9.61. The molecule has 1 N–H and O–H groups in total. The fourth-order valence-corrected chi connectivity index (χ4v) is 2.21. The van der Waals surface area contributed by atoms with Crippen molar-refractivity contribution in [1.82, 2.24) is 0 Å². The van der Waals surface area contributed by atoms with Gasteiger partial charge in [-0.05, 0) is 36.1 Å². The molecule has 1 nitrogen and oxygen atoms in total. The van der Waals surface area contributed by atoms with Crippen molar-refractivity contribution in [3.8, 4) is 0 Å². The zero-order valence-corrected chi connectivity index (χ0v) is 10.4. The van der Waals surface area contributed by atoms with Crippen molar-refractivity contribution in [2.24, 2.45) is 0 Å². The molecule has 0 aromatic heterocycles. The summed E-state index contributed by atoms with van der Waals surface area (Å²) in [5, 5.41) is 3.32. The lowest BCUT2D eigenvalue weighted by Crippen LogP contribution is -2.00. The first-order valence-corrected chi connectivity index (χ1v) is 6.63. The number of anilines is 1. The second-order valence-electron chi connectivity index (χ2n) is 3.68. The highest BCUT2D eigenvalue weighted by Crippen LogP contribution is 2.25. The Kier molecular flexibility index (Phi) is 4.04. The van der Waals surface area contributed by atoms with Gasteiger partial charge in [-0.2, -0.15) is 0 Å². The second kappa shape index (κ2) is 5.73. The number of nitrogens with one attached hydrogen (secondary N) is 1. The molecule has 0 atom stereocenters. The molecule has 0 radical (unpaired) electrons. The van der Waals surface area contributed by atoms with Gasteiger partial charge in [-0.25, -0.2) is 4.39 Å². The van der Waals surface area contributed by atoms with Crippen LogP contribution in [-0.2, 0) is 6.54 Å². The van der Waals surface area contributed by atoms with Crippen molar-refractivity contribution >= 4 is 17.4 Å². The number of thioether (sulfide) groups is 1. The van der Waals surface area contributed by atoms with Crippen molar-refractivity contribution in [3.63, 3.8) is 0 Å². The molecular formula is C14H14FNS. The Hall–Kier alpha value is -1.48. The average Bonchev–Trinajstić information content (AvgIpc) is 2.37. The Morgan fingerprint density at radius 1 is 1.12 bits per heavy atom. The van der Waals surface area contributed by atoms with Gasteiger partial charge in [-0.15, -0.1) is 11.8 Å². The van der Waals surface area contributed by atoms with Crippen molar-refractivity contribution < 1.29 is 4.39 Å². The van der Waals surface area contributed by atoms with E-state index in [2.05, 4.69) is 11.4 Å². The molecule has 17 heavy (non-hydrogen) atoms. The molecule has 0 heterocycles. The first-order chi connectivity index (χ1) is 8.29. The van der Waals surface area contributed by atoms with Gasteiger partial charge in [-0.1, -0.05) is 24.3 Å². The van der Waals surface area contributed by atoms with Gasteiger partial charge in [0.15, 0.2) is 0 Å². The minimum absolute atomic E-state index is 0.192. The Labute approximate surface area is 105 Å². The number of benzene rings is 2. The molecule has 0 spiro atoms. The third-order valence-corrected chi connectivity index (χ3v) is 3.27. The molecule has 0 saturated heterocycles. The van der Waals surface area contributed by atoms with Crippen LogP contribution in [0.3, 0.4) is 0 Å². The maximum atomic E-state index is 13.0. The van der Waals surface area contributed by atoms with Crippen LogP contribution in [0.2, 0.25) is 0 Å². The van der Waals surface area contributed by atoms with Gasteiger partial charge in [0, 0.05) is 17.1 Å². The Morgan fingerprint density at radius 2 is 1.94 bits per heavy atom. The van der Waals surface area contributed by atoms with Gasteiger partial charge in [0.1, 0.15) is 5.82 Å². The van der Waals surface area contributed by atoms with E-state index < -0.39 is 0 Å². The van der Waals surface area contributed by atoms with Crippen LogP contribution in [0.1, 0.15) is 5.56 Å². The van der Waals surface area contributed by atoms with Crippen LogP contribution in [0.25, 0.3) is 0 Å². The normalized spacial score (nSPS) is 10.2. The van der Waals surface area contributed by atoms with Crippen LogP contribution in [0.15, 0.2) is 53.4 Å². The van der Waals surface area contributed by atoms with E-state index in [0.29, 0.717) is 6.54 Å². The zero-order chi connectivity index (χ0) is 12.1. The monoisotopic (exact) mass is 247 g/mol. The molecule has 0 bridgehead atoms. The molecule has 0 aliphatic rings. The van der Waals surface area contributed by atoms with Crippen molar-refractivity contribution in [2.75, 3.05) is 11.6 Å². The second-order valence-corrected chi connectivity index (χ2v) is 4.53. The van der Waals surface area contributed by atoms with E-state index in [9.17, 15) is 4.39 Å². The van der Waals surface area contributed by atoms with Gasteiger partial charge in [-0.3, -0.25) is 0 Å². The smallest absolute Gasteiger partial charge is 0.123 e. The fraction of sp³-hybridized carbons (Fsp3) is 0.143. The molecule has 88 valence electrons. The quantitative estimate of drug-likeness (QED) is 0.814. The highest BCUT2D eigenvalue weighted by atomic mass is 32.2. The van der Waals surface area contributed by atoms with Gasteiger partial charge < -0.3 is 5.32 Å². The van der Waals surface area contributed by atoms with Gasteiger partial charge >= 0.3 is 0 Å². The molecule has 2 rings (SSSR count). The summed E-state index contributed by atoms with van der Waals surface area (Å²) < 4.78 is 13.0. The number of para-hydroxylation sites is 1. The van der Waals surface area contributed by atoms with Crippen LogP contribution >= 0.6 is 11.8 Å². The summed E-state index contributed by atoms with van der Waals surface area (Å²) in [6.07, 6.45) is 2.04. The number of halogens is 1. The van der Waals surface area contributed by atoms with Crippen LogP contribution in [0.5, 0.6) is 0 Å². The summed E-state index contributed by atoms with van der Waals surface area (Å²) in [4.78, 5) is 1.20. The molecular weight excluding hydrogens is 233 g/mol. The first kappa shape index (κ1) is 12.0. The average molecular weight is 247 g/mol. The van der Waals surface area contributed by atoms with Crippen LogP contribution in [0, 0.1) is 5.82 Å². The SMILES string of the molecule is CSc1ccccc1NCc1cccc(F)c1. The lowest BCUT2D eigenvalue weighted by atomic mass is 10.2. The van der Waals surface area contributed by atoms with E-state index in [-0.39, 0.29) is 5.82 Å². The van der Waals surface area contributed by atoms with Gasteiger partial charge in [0.2, 0.25) is 0 Å². The topological polar surface area (TPSA) is 12.0 Å². The van der Waals surface area contributed by atoms with E-state index in [1.165, 1.54) is 11.0 Å². The molecule has 2 aromatic rings. The molecule has 3 heteroatoms. The molecule has 2 aromatic carbocycles. The Bertz CT molecular complexity index is 499. The molecule has 0 aliphatic carbocycles. The molecule has 0 aliphatic heterocycles. The summed E-state index contributed by atoms with van der Waals surface area (Å²) in [7, 11) is 0. The Balaban J connectivity index is 2.07. The van der Waals surface area contributed by atoms with Gasteiger partial charge in [0.25, 0.3) is 0 Å². The number of hydrogen-bond donors (Lipinski definition) is 1. The van der Waals surface area contributed by atoms with Crippen molar-refractivity contribution in [2.45, 2.75) is 11.4 Å². The largest absolute Gasteiger partial charge is 0.380 e. The summed E-state index contributed by atoms with van der Waals surface area (Å²) >= 11 is 1.70. The number of hydrogen-bond acceptors (Lipinski definition) is 2. The summed E-state index contributed by atoms with van der Waals surface area (Å²) in [5.74, 6) is -0.192. The number of rotatable bonds is 4. The minimum Gasteiger partial charge on any atom is -0.380 e. The molecule has 0 fully saturated rings. The van der Waals surface area contributed by atoms with Crippen LogP contribution in [0.4, 0.5) is 10.1 Å². The lowest BCUT2D eigenvalue weighted by molar-refractivity contribution is 0.626. The minimum atomic E-state index is -0.192. The van der Waals surface area contributed by atoms with E-state index >= 15 is 0 Å². The van der Waals surface area contributed by atoms with Crippen LogP contribution < -0.4 is 5.32 Å². The maximum absolute atomic E-state index is 13.0. The molecule has 0 unspecified atom stereocenters. The first-order valence-electron chi connectivity index (χ1n) is 5.41. The summed E-state index contributed by atoms with van der Waals surface area (Å²) in [5.41, 5.74) is 2.03. The summed E-state index contributed by atoms with van der Waals surface area (Å²) in [6.45, 7) is 0.634. The third kappa shape index (κ3) is 3.24. The van der Waals surface area contributed by atoms with E-state index in [4.69, 9.17) is 0 Å².